The molecule has 0 atom stereocenters. The third kappa shape index (κ3) is 8.66. The third-order valence-electron chi connectivity index (χ3n) is 2.22. The van der Waals surface area contributed by atoms with E-state index in [0.717, 1.165) is 0 Å². The summed E-state index contributed by atoms with van der Waals surface area (Å²) in [5.74, 6) is -5.56. The second kappa shape index (κ2) is 12.3. The van der Waals surface area contributed by atoms with Gasteiger partial charge < -0.3 is 42.7 Å². The predicted octanol–water partition coefficient (Wildman–Crippen LogP) is -3.28. The molecule has 0 saturated carbocycles. The second-order valence-corrected chi connectivity index (χ2v) is 3.69. The van der Waals surface area contributed by atoms with E-state index in [2.05, 4.69) is 5.32 Å². The van der Waals surface area contributed by atoms with Gasteiger partial charge >= 0.3 is 21.1 Å². The minimum Gasteiger partial charge on any atom is -0.547 e. The number of amides is 2. The number of hydrogen-bond donors (Lipinski definition) is 4. The summed E-state index contributed by atoms with van der Waals surface area (Å²) in [7, 11) is 0. The van der Waals surface area contributed by atoms with E-state index < -0.39 is 36.3 Å². The van der Waals surface area contributed by atoms with Crippen molar-refractivity contribution in [3.05, 3.63) is 35.9 Å². The number of hydrogen-bond acceptors (Lipinski definition) is 8. The summed E-state index contributed by atoms with van der Waals surface area (Å²) in [5.41, 5.74) is 0.302. The minimum absolute atomic E-state index is 0. The molecule has 8 N–H and O–H groups in total. The zero-order valence-corrected chi connectivity index (χ0v) is 14.1. The van der Waals surface area contributed by atoms with E-state index in [9.17, 15) is 29.4 Å². The Hall–Kier alpha value is -2.29. The molecule has 10 nitrogen and oxygen atoms in total. The van der Waals surface area contributed by atoms with Gasteiger partial charge in [-0.15, -0.1) is 0 Å². The monoisotopic (exact) mass is 507 g/mol. The first-order valence-corrected chi connectivity index (χ1v) is 5.46. The third-order valence-corrected chi connectivity index (χ3v) is 2.22. The zero-order valence-electron chi connectivity index (χ0n) is 11.9. The molecular weight excluding hydrogens is 491 g/mol. The molecule has 1 aromatic rings. The number of carbonyl (C=O) groups excluding carboxylic acids is 4. The average Bonchev–Trinajstić information content (AvgIpc) is 2.42. The normalized spacial score (nSPS) is 8.57. The van der Waals surface area contributed by atoms with Crippen LogP contribution in [0.2, 0.25) is 0 Å². The van der Waals surface area contributed by atoms with Crippen LogP contribution in [0.5, 0.6) is 0 Å². The number of carboxylic acid groups (broad SMARTS) is 2. The topological polar surface area (TPSA) is 208 Å². The first kappa shape index (κ1) is 25.7. The molecule has 0 spiro atoms. The first-order valence-electron chi connectivity index (χ1n) is 5.46. The van der Waals surface area contributed by atoms with Gasteiger partial charge in [0.2, 0.25) is 5.91 Å². The van der Waals surface area contributed by atoms with Gasteiger partial charge in [-0.05, 0) is 12.1 Å². The van der Waals surface area contributed by atoms with E-state index in [-0.39, 0.29) is 33.4 Å². The predicted molar refractivity (Wildman–Crippen MR) is 70.8 cm³/mol. The summed E-state index contributed by atoms with van der Waals surface area (Å²) in [6.07, 6.45) is 0. The van der Waals surface area contributed by atoms with Crippen LogP contribution in [0.15, 0.2) is 30.3 Å². The number of benzene rings is 1. The van der Waals surface area contributed by atoms with Crippen molar-refractivity contribution in [1.82, 2.24) is 22.9 Å². The van der Waals surface area contributed by atoms with Gasteiger partial charge in [-0.1, -0.05) is 18.2 Å². The van der Waals surface area contributed by atoms with Gasteiger partial charge in [-0.25, -0.2) is 0 Å². The number of carboxylic acids is 2. The maximum atomic E-state index is 11.6. The molecule has 11 heteroatoms. The maximum absolute atomic E-state index is 11.6. The van der Waals surface area contributed by atoms with Crippen molar-refractivity contribution in [3.8, 4) is 0 Å². The molecular formula is C12H16N4O6Pt. The Kier molecular flexibility index (Phi) is 13.7. The van der Waals surface area contributed by atoms with Crippen LogP contribution in [0.3, 0.4) is 0 Å². The molecule has 0 aliphatic heterocycles. The molecule has 130 valence electrons. The quantitative estimate of drug-likeness (QED) is 0.286. The molecule has 0 aliphatic carbocycles. The smallest absolute Gasteiger partial charge is 0.547 e. The van der Waals surface area contributed by atoms with Gasteiger partial charge in [0.15, 0.2) is 0 Å². The first-order chi connectivity index (χ1) is 9.41. The Morgan fingerprint density at radius 1 is 0.957 bits per heavy atom. The van der Waals surface area contributed by atoms with Crippen LogP contribution in [-0.4, -0.2) is 36.3 Å². The average molecular weight is 507 g/mol. The van der Waals surface area contributed by atoms with Crippen LogP contribution in [0, 0.1) is 0 Å². The van der Waals surface area contributed by atoms with Crippen LogP contribution in [0.1, 0.15) is 10.4 Å². The van der Waals surface area contributed by atoms with E-state index in [1.165, 1.54) is 12.1 Å². The van der Waals surface area contributed by atoms with Crippen molar-refractivity contribution in [2.75, 3.05) is 6.54 Å². The van der Waals surface area contributed by atoms with Crippen LogP contribution in [0.4, 0.5) is 0 Å². The molecule has 0 unspecified atom stereocenters. The van der Waals surface area contributed by atoms with Crippen molar-refractivity contribution in [1.29, 1.82) is 0 Å². The molecule has 0 saturated heterocycles. The van der Waals surface area contributed by atoms with Crippen molar-refractivity contribution in [2.45, 2.75) is 6.04 Å². The molecule has 0 fully saturated rings. The minimum atomic E-state index is -2.27. The van der Waals surface area contributed by atoms with Crippen molar-refractivity contribution in [3.63, 3.8) is 0 Å². The molecule has 0 radical (unpaired) electrons. The zero-order chi connectivity index (χ0) is 15.1. The van der Waals surface area contributed by atoms with E-state index in [0.29, 0.717) is 5.56 Å². The summed E-state index contributed by atoms with van der Waals surface area (Å²) in [4.78, 5) is 43.6. The van der Waals surface area contributed by atoms with Crippen LogP contribution < -0.4 is 33.1 Å². The Labute approximate surface area is 146 Å². The van der Waals surface area contributed by atoms with E-state index in [1.54, 1.807) is 23.5 Å². The van der Waals surface area contributed by atoms with E-state index >= 15 is 0 Å². The van der Waals surface area contributed by atoms with E-state index in [4.69, 9.17) is 0 Å². The molecule has 1 aromatic carbocycles. The number of aliphatic carboxylic acids is 2. The summed E-state index contributed by atoms with van der Waals surface area (Å²) in [6, 6.07) is 5.70. The maximum Gasteiger partial charge on any atom is 2.00 e. The van der Waals surface area contributed by atoms with Crippen LogP contribution >= 0.6 is 0 Å². The van der Waals surface area contributed by atoms with Gasteiger partial charge in [0, 0.05) is 5.56 Å². The fourth-order valence-electron chi connectivity index (χ4n) is 1.28. The summed E-state index contributed by atoms with van der Waals surface area (Å²) in [6.45, 7) is -0.579. The second-order valence-electron chi connectivity index (χ2n) is 3.69. The Bertz CT molecular complexity index is 526. The Balaban J connectivity index is -0.00000133. The summed E-state index contributed by atoms with van der Waals surface area (Å²) >= 11 is 0. The van der Waals surface area contributed by atoms with Crippen LogP contribution in [-0.2, 0) is 35.4 Å². The Morgan fingerprint density at radius 3 is 1.87 bits per heavy atom. The molecule has 1 rings (SSSR count). The molecule has 0 aromatic heterocycles. The van der Waals surface area contributed by atoms with Gasteiger partial charge in [0.1, 0.15) is 6.04 Å². The molecule has 2 amide bonds. The number of carbonyl (C=O) groups is 4. The van der Waals surface area contributed by atoms with E-state index in [1.807, 2.05) is 0 Å². The fraction of sp³-hybridized carbons (Fsp3) is 0.167. The summed E-state index contributed by atoms with van der Waals surface area (Å²) in [5, 5.41) is 24.7. The SMILES string of the molecule is N.N.O=C(CNC(=O)c1ccccc1)NC(C(=O)[O-])C(=O)[O-].[Pt+2]. The van der Waals surface area contributed by atoms with Crippen LogP contribution in [0.25, 0.3) is 0 Å². The molecule has 23 heavy (non-hydrogen) atoms. The number of nitrogens with one attached hydrogen (secondary N) is 2. The number of rotatable bonds is 6. The van der Waals surface area contributed by atoms with Gasteiger partial charge in [-0.3, -0.25) is 9.59 Å². The van der Waals surface area contributed by atoms with Gasteiger partial charge in [0.25, 0.3) is 5.91 Å². The molecule has 0 bridgehead atoms. The van der Waals surface area contributed by atoms with Crippen molar-refractivity contribution >= 4 is 23.8 Å². The van der Waals surface area contributed by atoms with Crippen molar-refractivity contribution < 1.29 is 50.5 Å². The largest absolute Gasteiger partial charge is 2.00 e. The standard InChI is InChI=1S/C12H12N2O6.2H3N.Pt/c15-8(14-9(11(17)18)12(19)20)6-13-10(16)7-4-2-1-3-5-7;;;/h1-5,9H,6H2,(H,13,16)(H,14,15)(H,17,18)(H,19,20);2*1H3;/q;;;+2/p-2. The van der Waals surface area contributed by atoms with Gasteiger partial charge in [-0.2, -0.15) is 0 Å². The molecule has 0 heterocycles. The summed E-state index contributed by atoms with van der Waals surface area (Å²) < 4.78 is 0. The fourth-order valence-corrected chi connectivity index (χ4v) is 1.28. The Morgan fingerprint density at radius 2 is 1.43 bits per heavy atom. The van der Waals surface area contributed by atoms with Crippen molar-refractivity contribution in [2.24, 2.45) is 0 Å². The molecule has 0 aliphatic rings. The van der Waals surface area contributed by atoms with Gasteiger partial charge in [0.05, 0.1) is 18.5 Å².